The first-order chi connectivity index (χ1) is 7.56. The Morgan fingerprint density at radius 3 is 2.69 bits per heavy atom. The van der Waals surface area contributed by atoms with Crippen LogP contribution in [-0.2, 0) is 0 Å². The molecule has 0 atom stereocenters. The molecule has 0 bridgehead atoms. The quantitative estimate of drug-likeness (QED) is 0.916. The van der Waals surface area contributed by atoms with Gasteiger partial charge in [-0.05, 0) is 46.8 Å². The Labute approximate surface area is 101 Å². The lowest BCUT2D eigenvalue weighted by Gasteiger charge is -2.12. The van der Waals surface area contributed by atoms with Crippen molar-refractivity contribution < 1.29 is 13.5 Å². The molecular formula is C11H12BrF2NO. The Hall–Kier alpha value is -1.10. The Balaban J connectivity index is 3.19. The predicted molar refractivity (Wildman–Crippen MR) is 63.6 cm³/mol. The number of ether oxygens (including phenoxy) is 1. The summed E-state index contributed by atoms with van der Waals surface area (Å²) in [4.78, 5) is 0. The second-order valence-electron chi connectivity index (χ2n) is 3.11. The molecule has 1 aromatic rings. The van der Waals surface area contributed by atoms with Gasteiger partial charge < -0.3 is 10.1 Å². The number of nitrogens with one attached hydrogen (secondary N) is 1. The summed E-state index contributed by atoms with van der Waals surface area (Å²) in [6.45, 7) is -1.00. The molecule has 0 spiro atoms. The highest BCUT2D eigenvalue weighted by atomic mass is 79.9. The van der Waals surface area contributed by atoms with Gasteiger partial charge in [-0.1, -0.05) is 6.07 Å². The molecule has 16 heavy (non-hydrogen) atoms. The number of alkyl halides is 2. The lowest BCUT2D eigenvalue weighted by molar-refractivity contribution is -0.0505. The molecule has 2 nitrogen and oxygen atoms in total. The SMILES string of the molecule is CNC=Cc1c(C)ccc(Br)c1OC(F)F. The van der Waals surface area contributed by atoms with Crippen LogP contribution in [0.15, 0.2) is 22.8 Å². The molecule has 1 aromatic carbocycles. The maximum absolute atomic E-state index is 12.3. The van der Waals surface area contributed by atoms with Crippen molar-refractivity contribution in [2.75, 3.05) is 7.05 Å². The molecule has 88 valence electrons. The fraction of sp³-hybridized carbons (Fsp3) is 0.273. The van der Waals surface area contributed by atoms with E-state index in [1.807, 2.05) is 13.0 Å². The molecule has 5 heteroatoms. The van der Waals surface area contributed by atoms with Crippen LogP contribution in [0.2, 0.25) is 0 Å². The van der Waals surface area contributed by atoms with Crippen LogP contribution in [0.3, 0.4) is 0 Å². The van der Waals surface area contributed by atoms with Crippen LogP contribution in [-0.4, -0.2) is 13.7 Å². The fourth-order valence-corrected chi connectivity index (χ4v) is 1.69. The summed E-state index contributed by atoms with van der Waals surface area (Å²) >= 11 is 3.19. The standard InChI is InChI=1S/C11H12BrF2NO/c1-7-3-4-9(12)10(16-11(13)14)8(7)5-6-15-2/h3-6,11,15H,1-2H3. The molecule has 0 aliphatic heterocycles. The van der Waals surface area contributed by atoms with Crippen LogP contribution in [0.1, 0.15) is 11.1 Å². The minimum absolute atomic E-state index is 0.154. The summed E-state index contributed by atoms with van der Waals surface area (Å²) in [5.41, 5.74) is 1.49. The van der Waals surface area contributed by atoms with Crippen molar-refractivity contribution in [3.05, 3.63) is 33.9 Å². The van der Waals surface area contributed by atoms with Gasteiger partial charge in [-0.2, -0.15) is 8.78 Å². The van der Waals surface area contributed by atoms with E-state index in [0.717, 1.165) is 5.56 Å². The average molecular weight is 292 g/mol. The molecule has 1 N–H and O–H groups in total. The Morgan fingerprint density at radius 2 is 2.12 bits per heavy atom. The van der Waals surface area contributed by atoms with Crippen molar-refractivity contribution in [3.8, 4) is 5.75 Å². The van der Waals surface area contributed by atoms with E-state index < -0.39 is 6.61 Å². The Bertz CT molecular complexity index is 394. The first kappa shape index (κ1) is 13.0. The summed E-state index contributed by atoms with van der Waals surface area (Å²) in [5.74, 6) is 0.154. The van der Waals surface area contributed by atoms with E-state index in [9.17, 15) is 8.78 Å². The molecule has 0 unspecified atom stereocenters. The summed E-state index contributed by atoms with van der Waals surface area (Å²) < 4.78 is 29.5. The van der Waals surface area contributed by atoms with Gasteiger partial charge in [0.25, 0.3) is 0 Å². The Kier molecular flexibility index (Phi) is 4.73. The van der Waals surface area contributed by atoms with Gasteiger partial charge in [-0.25, -0.2) is 0 Å². The van der Waals surface area contributed by atoms with E-state index in [1.165, 1.54) is 0 Å². The van der Waals surface area contributed by atoms with Crippen molar-refractivity contribution in [1.82, 2.24) is 5.32 Å². The van der Waals surface area contributed by atoms with Gasteiger partial charge in [0.15, 0.2) is 0 Å². The van der Waals surface area contributed by atoms with Crippen molar-refractivity contribution >= 4 is 22.0 Å². The zero-order valence-electron chi connectivity index (χ0n) is 8.93. The Morgan fingerprint density at radius 1 is 1.44 bits per heavy atom. The molecule has 0 aliphatic rings. The molecule has 0 amide bonds. The van der Waals surface area contributed by atoms with Crippen LogP contribution in [0, 0.1) is 6.92 Å². The van der Waals surface area contributed by atoms with Crippen LogP contribution < -0.4 is 10.1 Å². The smallest absolute Gasteiger partial charge is 0.387 e. The van der Waals surface area contributed by atoms with E-state index >= 15 is 0 Å². The molecular weight excluding hydrogens is 280 g/mol. The van der Waals surface area contributed by atoms with Gasteiger partial charge >= 0.3 is 6.61 Å². The maximum atomic E-state index is 12.3. The summed E-state index contributed by atoms with van der Waals surface area (Å²) in [6, 6.07) is 3.52. The zero-order chi connectivity index (χ0) is 12.1. The van der Waals surface area contributed by atoms with E-state index in [4.69, 9.17) is 0 Å². The molecule has 0 aliphatic carbocycles. The topological polar surface area (TPSA) is 21.3 Å². The number of hydrogen-bond donors (Lipinski definition) is 1. The first-order valence-corrected chi connectivity index (χ1v) is 5.43. The van der Waals surface area contributed by atoms with Crippen molar-refractivity contribution in [3.63, 3.8) is 0 Å². The normalized spacial score (nSPS) is 11.1. The number of benzene rings is 1. The van der Waals surface area contributed by atoms with E-state index in [0.29, 0.717) is 10.0 Å². The third-order valence-corrected chi connectivity index (χ3v) is 2.61. The molecule has 0 fully saturated rings. The van der Waals surface area contributed by atoms with E-state index in [2.05, 4.69) is 26.0 Å². The van der Waals surface area contributed by atoms with Gasteiger partial charge in [0, 0.05) is 12.6 Å². The molecule has 0 saturated carbocycles. The largest absolute Gasteiger partial charge is 0.433 e. The van der Waals surface area contributed by atoms with Crippen molar-refractivity contribution in [1.29, 1.82) is 0 Å². The predicted octanol–water partition coefficient (Wildman–Crippen LogP) is 3.55. The highest BCUT2D eigenvalue weighted by molar-refractivity contribution is 9.10. The molecule has 1 rings (SSSR count). The average Bonchev–Trinajstić information content (AvgIpc) is 2.22. The second kappa shape index (κ2) is 5.84. The van der Waals surface area contributed by atoms with E-state index in [1.54, 1.807) is 25.4 Å². The number of hydrogen-bond acceptors (Lipinski definition) is 2. The molecule has 0 saturated heterocycles. The van der Waals surface area contributed by atoms with Crippen LogP contribution in [0.25, 0.3) is 6.08 Å². The van der Waals surface area contributed by atoms with Crippen molar-refractivity contribution in [2.24, 2.45) is 0 Å². The second-order valence-corrected chi connectivity index (χ2v) is 3.96. The van der Waals surface area contributed by atoms with Crippen molar-refractivity contribution in [2.45, 2.75) is 13.5 Å². The summed E-state index contributed by atoms with van der Waals surface area (Å²) in [6.07, 6.45) is 3.35. The van der Waals surface area contributed by atoms with Gasteiger partial charge in [0.1, 0.15) is 5.75 Å². The van der Waals surface area contributed by atoms with Crippen LogP contribution in [0.5, 0.6) is 5.75 Å². The first-order valence-electron chi connectivity index (χ1n) is 4.64. The van der Waals surface area contributed by atoms with Gasteiger partial charge in [-0.15, -0.1) is 0 Å². The van der Waals surface area contributed by atoms with Crippen LogP contribution in [0.4, 0.5) is 8.78 Å². The van der Waals surface area contributed by atoms with E-state index in [-0.39, 0.29) is 5.75 Å². The highest BCUT2D eigenvalue weighted by Crippen LogP contribution is 2.33. The number of rotatable bonds is 4. The van der Waals surface area contributed by atoms with Gasteiger partial charge in [0.05, 0.1) is 4.47 Å². The summed E-state index contributed by atoms with van der Waals surface area (Å²) in [7, 11) is 1.73. The van der Waals surface area contributed by atoms with Gasteiger partial charge in [-0.3, -0.25) is 0 Å². The van der Waals surface area contributed by atoms with Gasteiger partial charge in [0.2, 0.25) is 0 Å². The maximum Gasteiger partial charge on any atom is 0.387 e. The highest BCUT2D eigenvalue weighted by Gasteiger charge is 2.13. The zero-order valence-corrected chi connectivity index (χ0v) is 10.5. The molecule has 0 aromatic heterocycles. The minimum atomic E-state index is -2.83. The number of aryl methyl sites for hydroxylation is 1. The minimum Gasteiger partial charge on any atom is -0.433 e. The third kappa shape index (κ3) is 3.20. The molecule has 0 radical (unpaired) electrons. The lowest BCUT2D eigenvalue weighted by Crippen LogP contribution is -2.05. The fourth-order valence-electron chi connectivity index (χ4n) is 1.25. The third-order valence-electron chi connectivity index (χ3n) is 1.99. The summed E-state index contributed by atoms with van der Waals surface area (Å²) in [5, 5.41) is 2.80. The molecule has 0 heterocycles. The monoisotopic (exact) mass is 291 g/mol. The number of halogens is 3. The van der Waals surface area contributed by atoms with Crippen LogP contribution >= 0.6 is 15.9 Å². The lowest BCUT2D eigenvalue weighted by atomic mass is 10.1.